The maximum Gasteiger partial charge on any atom is 0.134 e. The van der Waals surface area contributed by atoms with Crippen LogP contribution in [0.15, 0.2) is 18.2 Å². The predicted octanol–water partition coefficient (Wildman–Crippen LogP) is 1.19. The van der Waals surface area contributed by atoms with Crippen LogP contribution in [0.5, 0.6) is 11.5 Å². The van der Waals surface area contributed by atoms with Crippen LogP contribution in [0, 0.1) is 0 Å². The second-order valence-corrected chi connectivity index (χ2v) is 2.91. The lowest BCUT2D eigenvalue weighted by Crippen LogP contribution is -2.04. The van der Waals surface area contributed by atoms with Gasteiger partial charge >= 0.3 is 0 Å². The van der Waals surface area contributed by atoms with Gasteiger partial charge in [-0.3, -0.25) is 0 Å². The molecule has 4 heteroatoms. The minimum atomic E-state index is -0.810. The van der Waals surface area contributed by atoms with Gasteiger partial charge in [-0.15, -0.1) is 0 Å². The first-order valence-corrected chi connectivity index (χ1v) is 4.39. The Labute approximate surface area is 87.8 Å². The molecule has 80 valence electrons. The number of ether oxygens (including phenoxy) is 2. The normalized spacial score (nSPS) is 9.80. The highest BCUT2D eigenvalue weighted by atomic mass is 16.5. The van der Waals surface area contributed by atoms with Crippen LogP contribution in [-0.2, 0) is 9.59 Å². The van der Waals surface area contributed by atoms with Crippen molar-refractivity contribution in [2.24, 2.45) is 0 Å². The van der Waals surface area contributed by atoms with Crippen molar-refractivity contribution in [3.05, 3.63) is 23.8 Å². The number of aldehydes is 2. The molecule has 0 heterocycles. The third-order valence-electron chi connectivity index (χ3n) is 2.09. The molecule has 0 aromatic heterocycles. The van der Waals surface area contributed by atoms with Crippen LogP contribution < -0.4 is 9.47 Å². The summed E-state index contributed by atoms with van der Waals surface area (Å²) in [7, 11) is 3.00. The van der Waals surface area contributed by atoms with Crippen LogP contribution in [0.25, 0.3) is 0 Å². The van der Waals surface area contributed by atoms with Gasteiger partial charge in [0, 0.05) is 5.56 Å². The monoisotopic (exact) mass is 208 g/mol. The van der Waals surface area contributed by atoms with Gasteiger partial charge in [-0.25, -0.2) is 0 Å². The van der Waals surface area contributed by atoms with E-state index in [4.69, 9.17) is 9.47 Å². The minimum absolute atomic E-state index is 0.500. The zero-order valence-electron chi connectivity index (χ0n) is 8.60. The number of methoxy groups -OCH3 is 2. The van der Waals surface area contributed by atoms with E-state index in [2.05, 4.69) is 0 Å². The van der Waals surface area contributed by atoms with Gasteiger partial charge in [0.15, 0.2) is 0 Å². The standard InChI is InChI=1S/C11H12O4/c1-14-9-3-4-11(15-2)10(5-9)8(6-12)7-13/h3-8H,1-2H3. The smallest absolute Gasteiger partial charge is 0.134 e. The second-order valence-electron chi connectivity index (χ2n) is 2.91. The fourth-order valence-corrected chi connectivity index (χ4v) is 1.28. The second kappa shape index (κ2) is 5.14. The highest BCUT2D eigenvalue weighted by Gasteiger charge is 2.15. The molecule has 0 N–H and O–H groups in total. The lowest BCUT2D eigenvalue weighted by Gasteiger charge is -2.11. The van der Waals surface area contributed by atoms with Crippen molar-refractivity contribution in [3.8, 4) is 11.5 Å². The quantitative estimate of drug-likeness (QED) is 0.538. The van der Waals surface area contributed by atoms with Gasteiger partial charge in [-0.1, -0.05) is 0 Å². The largest absolute Gasteiger partial charge is 0.497 e. The predicted molar refractivity (Wildman–Crippen MR) is 54.4 cm³/mol. The molecule has 0 atom stereocenters. The molecule has 0 saturated carbocycles. The Hall–Kier alpha value is -1.84. The lowest BCUT2D eigenvalue weighted by atomic mass is 10.0. The van der Waals surface area contributed by atoms with Crippen LogP contribution in [0.1, 0.15) is 11.5 Å². The van der Waals surface area contributed by atoms with Crippen LogP contribution in [0.4, 0.5) is 0 Å². The molecule has 15 heavy (non-hydrogen) atoms. The van der Waals surface area contributed by atoms with Crippen molar-refractivity contribution in [1.29, 1.82) is 0 Å². The zero-order chi connectivity index (χ0) is 11.3. The summed E-state index contributed by atoms with van der Waals surface area (Å²) in [5.41, 5.74) is 0.516. The first kappa shape index (κ1) is 11.2. The Morgan fingerprint density at radius 1 is 1.13 bits per heavy atom. The molecule has 0 saturated heterocycles. The average Bonchev–Trinajstić information content (AvgIpc) is 2.30. The molecule has 0 fully saturated rings. The van der Waals surface area contributed by atoms with Gasteiger partial charge in [-0.05, 0) is 18.2 Å². The summed E-state index contributed by atoms with van der Waals surface area (Å²) in [6.07, 6.45) is 1.15. The van der Waals surface area contributed by atoms with Gasteiger partial charge < -0.3 is 19.1 Å². The molecule has 0 spiro atoms. The third-order valence-corrected chi connectivity index (χ3v) is 2.09. The molecule has 0 radical (unpaired) electrons. The maximum absolute atomic E-state index is 10.7. The van der Waals surface area contributed by atoms with Crippen molar-refractivity contribution >= 4 is 12.6 Å². The molecule has 0 aliphatic carbocycles. The van der Waals surface area contributed by atoms with Crippen LogP contribution in [0.3, 0.4) is 0 Å². The summed E-state index contributed by atoms with van der Waals surface area (Å²) in [6, 6.07) is 4.98. The number of hydrogen-bond acceptors (Lipinski definition) is 4. The molecular formula is C11H12O4. The lowest BCUT2D eigenvalue weighted by molar-refractivity contribution is -0.116. The van der Waals surface area contributed by atoms with E-state index in [1.165, 1.54) is 14.2 Å². The van der Waals surface area contributed by atoms with Crippen molar-refractivity contribution in [3.63, 3.8) is 0 Å². The van der Waals surface area contributed by atoms with Gasteiger partial charge in [0.05, 0.1) is 20.1 Å². The van der Waals surface area contributed by atoms with E-state index in [0.29, 0.717) is 29.6 Å². The van der Waals surface area contributed by atoms with E-state index in [9.17, 15) is 9.59 Å². The van der Waals surface area contributed by atoms with E-state index in [-0.39, 0.29) is 0 Å². The van der Waals surface area contributed by atoms with Crippen molar-refractivity contribution < 1.29 is 19.1 Å². The summed E-state index contributed by atoms with van der Waals surface area (Å²) in [5.74, 6) is 0.273. The topological polar surface area (TPSA) is 52.6 Å². The molecule has 1 rings (SSSR count). The van der Waals surface area contributed by atoms with Crippen molar-refractivity contribution in [2.45, 2.75) is 5.92 Å². The van der Waals surface area contributed by atoms with Gasteiger partial charge in [0.25, 0.3) is 0 Å². The van der Waals surface area contributed by atoms with Gasteiger partial charge in [0.1, 0.15) is 24.1 Å². The first-order chi connectivity index (χ1) is 7.26. The Kier molecular flexibility index (Phi) is 3.85. The van der Waals surface area contributed by atoms with E-state index < -0.39 is 5.92 Å². The van der Waals surface area contributed by atoms with Crippen molar-refractivity contribution in [1.82, 2.24) is 0 Å². The van der Waals surface area contributed by atoms with Crippen LogP contribution >= 0.6 is 0 Å². The minimum Gasteiger partial charge on any atom is -0.497 e. The number of carbonyl (C=O) groups excluding carboxylic acids is 2. The average molecular weight is 208 g/mol. The molecule has 0 unspecified atom stereocenters. The van der Waals surface area contributed by atoms with E-state index in [0.717, 1.165) is 0 Å². The van der Waals surface area contributed by atoms with Crippen LogP contribution in [0.2, 0.25) is 0 Å². The van der Waals surface area contributed by atoms with Crippen molar-refractivity contribution in [2.75, 3.05) is 14.2 Å². The molecule has 0 aliphatic rings. The van der Waals surface area contributed by atoms with E-state index in [1.807, 2.05) is 0 Å². The molecule has 1 aromatic rings. The Balaban J connectivity index is 3.21. The number of benzene rings is 1. The number of rotatable bonds is 5. The number of carbonyl (C=O) groups is 2. The Bertz CT molecular complexity index is 352. The number of hydrogen-bond donors (Lipinski definition) is 0. The summed E-state index contributed by atoms with van der Waals surface area (Å²) < 4.78 is 10.1. The highest BCUT2D eigenvalue weighted by molar-refractivity contribution is 5.86. The first-order valence-electron chi connectivity index (χ1n) is 4.39. The summed E-state index contributed by atoms with van der Waals surface area (Å²) >= 11 is 0. The summed E-state index contributed by atoms with van der Waals surface area (Å²) in [6.45, 7) is 0. The molecule has 0 bridgehead atoms. The molecule has 0 amide bonds. The zero-order valence-corrected chi connectivity index (χ0v) is 8.60. The molecule has 1 aromatic carbocycles. The van der Waals surface area contributed by atoms with Gasteiger partial charge in [-0.2, -0.15) is 0 Å². The molecule has 4 nitrogen and oxygen atoms in total. The SMILES string of the molecule is COc1ccc(OC)c(C(C=O)C=O)c1. The fraction of sp³-hybridized carbons (Fsp3) is 0.273. The Morgan fingerprint density at radius 2 is 1.80 bits per heavy atom. The molecule has 0 aliphatic heterocycles. The summed E-state index contributed by atoms with van der Waals surface area (Å²) in [4.78, 5) is 21.4. The molecular weight excluding hydrogens is 196 g/mol. The third kappa shape index (κ3) is 2.34. The summed E-state index contributed by atoms with van der Waals surface area (Å²) in [5, 5.41) is 0. The van der Waals surface area contributed by atoms with Crippen LogP contribution in [-0.4, -0.2) is 26.8 Å². The Morgan fingerprint density at radius 3 is 2.27 bits per heavy atom. The highest BCUT2D eigenvalue weighted by Crippen LogP contribution is 2.28. The fourth-order valence-electron chi connectivity index (χ4n) is 1.28. The maximum atomic E-state index is 10.7. The van der Waals surface area contributed by atoms with E-state index in [1.54, 1.807) is 18.2 Å². The van der Waals surface area contributed by atoms with Gasteiger partial charge in [0.2, 0.25) is 0 Å². The van der Waals surface area contributed by atoms with E-state index >= 15 is 0 Å².